The fourth-order valence-electron chi connectivity index (χ4n) is 2.19. The van der Waals surface area contributed by atoms with Gasteiger partial charge < -0.3 is 10.0 Å². The van der Waals surface area contributed by atoms with Crippen LogP contribution in [0.3, 0.4) is 0 Å². The van der Waals surface area contributed by atoms with Gasteiger partial charge in [-0.05, 0) is 18.2 Å². The number of carbonyl (C=O) groups is 1. The summed E-state index contributed by atoms with van der Waals surface area (Å²) in [5.41, 5.74) is 0.307. The Morgan fingerprint density at radius 2 is 1.86 bits per heavy atom. The van der Waals surface area contributed by atoms with Crippen LogP contribution in [0.1, 0.15) is 10.4 Å². The minimum atomic E-state index is -4.23. The van der Waals surface area contributed by atoms with E-state index in [4.69, 9.17) is 11.6 Å². The van der Waals surface area contributed by atoms with Crippen LogP contribution in [0.5, 0.6) is 5.75 Å². The largest absolute Gasteiger partial charge is 0.506 e. The average molecular weight is 323 g/mol. The van der Waals surface area contributed by atoms with E-state index in [-0.39, 0.29) is 42.9 Å². The van der Waals surface area contributed by atoms with E-state index in [2.05, 4.69) is 0 Å². The molecular formula is C13H14ClF3N2O2. The lowest BCUT2D eigenvalue weighted by atomic mass is 10.1. The summed E-state index contributed by atoms with van der Waals surface area (Å²) in [6.45, 7) is -0.144. The molecule has 1 aromatic rings. The van der Waals surface area contributed by atoms with Crippen molar-refractivity contribution in [3.8, 4) is 5.75 Å². The van der Waals surface area contributed by atoms with Crippen molar-refractivity contribution in [3.63, 3.8) is 0 Å². The number of halogens is 4. The van der Waals surface area contributed by atoms with Crippen LogP contribution in [-0.4, -0.2) is 59.7 Å². The molecule has 1 amide bonds. The smallest absolute Gasteiger partial charge is 0.401 e. The average Bonchev–Trinajstić information content (AvgIpc) is 2.40. The van der Waals surface area contributed by atoms with E-state index in [1.165, 1.54) is 28.0 Å². The Bertz CT molecular complexity index is 529. The quantitative estimate of drug-likeness (QED) is 0.909. The number of aromatic hydroxyl groups is 1. The topological polar surface area (TPSA) is 43.8 Å². The molecule has 1 aliphatic rings. The Morgan fingerprint density at radius 3 is 2.38 bits per heavy atom. The Hall–Kier alpha value is -1.47. The molecule has 4 nitrogen and oxygen atoms in total. The monoisotopic (exact) mass is 322 g/mol. The summed E-state index contributed by atoms with van der Waals surface area (Å²) in [7, 11) is 0. The Kier molecular flexibility index (Phi) is 4.63. The molecule has 8 heteroatoms. The van der Waals surface area contributed by atoms with Gasteiger partial charge in [0.25, 0.3) is 5.91 Å². The van der Waals surface area contributed by atoms with Crippen molar-refractivity contribution in [1.29, 1.82) is 0 Å². The molecule has 0 saturated carbocycles. The summed E-state index contributed by atoms with van der Waals surface area (Å²) in [6.07, 6.45) is -4.23. The Balaban J connectivity index is 1.95. The zero-order valence-corrected chi connectivity index (χ0v) is 11.8. The van der Waals surface area contributed by atoms with E-state index >= 15 is 0 Å². The third kappa shape index (κ3) is 4.25. The van der Waals surface area contributed by atoms with Crippen LogP contribution in [0.25, 0.3) is 0 Å². The minimum absolute atomic E-state index is 0.0663. The van der Waals surface area contributed by atoms with E-state index in [1.54, 1.807) is 0 Å². The number of nitrogens with zero attached hydrogens (tertiary/aromatic N) is 2. The number of hydrogen-bond donors (Lipinski definition) is 1. The van der Waals surface area contributed by atoms with Gasteiger partial charge in [0, 0.05) is 31.7 Å². The molecule has 0 spiro atoms. The number of rotatable bonds is 2. The molecule has 0 atom stereocenters. The van der Waals surface area contributed by atoms with Gasteiger partial charge in [0.15, 0.2) is 0 Å². The van der Waals surface area contributed by atoms with Crippen LogP contribution in [0.4, 0.5) is 13.2 Å². The second-order valence-electron chi connectivity index (χ2n) is 4.85. The fraction of sp³-hybridized carbons (Fsp3) is 0.462. The van der Waals surface area contributed by atoms with Crippen LogP contribution < -0.4 is 0 Å². The molecular weight excluding hydrogens is 309 g/mol. The molecule has 1 aliphatic heterocycles. The van der Waals surface area contributed by atoms with Crippen molar-refractivity contribution in [2.75, 3.05) is 32.7 Å². The van der Waals surface area contributed by atoms with E-state index in [1.807, 2.05) is 0 Å². The third-order valence-corrected chi connectivity index (χ3v) is 3.56. The van der Waals surface area contributed by atoms with Crippen LogP contribution in [-0.2, 0) is 0 Å². The molecule has 1 N–H and O–H groups in total. The summed E-state index contributed by atoms with van der Waals surface area (Å²) in [4.78, 5) is 15.0. The number of carbonyl (C=O) groups excluding carboxylic acids is 1. The molecule has 1 aromatic carbocycles. The first-order valence-electron chi connectivity index (χ1n) is 6.33. The zero-order valence-electron chi connectivity index (χ0n) is 11.0. The third-order valence-electron chi connectivity index (χ3n) is 3.26. The molecule has 21 heavy (non-hydrogen) atoms. The minimum Gasteiger partial charge on any atom is -0.506 e. The van der Waals surface area contributed by atoms with Crippen molar-refractivity contribution in [2.45, 2.75) is 6.18 Å². The summed E-state index contributed by atoms with van der Waals surface area (Å²) in [5.74, 6) is -0.424. The van der Waals surface area contributed by atoms with Gasteiger partial charge in [-0.2, -0.15) is 13.2 Å². The highest BCUT2D eigenvalue weighted by molar-refractivity contribution is 6.32. The van der Waals surface area contributed by atoms with Crippen LogP contribution >= 0.6 is 11.6 Å². The first kappa shape index (κ1) is 15.9. The van der Waals surface area contributed by atoms with Gasteiger partial charge in [-0.3, -0.25) is 9.69 Å². The predicted molar refractivity (Wildman–Crippen MR) is 71.5 cm³/mol. The van der Waals surface area contributed by atoms with Gasteiger partial charge in [0.05, 0.1) is 11.6 Å². The Morgan fingerprint density at radius 1 is 1.24 bits per heavy atom. The summed E-state index contributed by atoms with van der Waals surface area (Å²) < 4.78 is 36.8. The van der Waals surface area contributed by atoms with Gasteiger partial charge in [-0.1, -0.05) is 11.6 Å². The van der Waals surface area contributed by atoms with Crippen LogP contribution in [0, 0.1) is 0 Å². The maximum atomic E-state index is 12.3. The number of phenols is 1. The highest BCUT2D eigenvalue weighted by Gasteiger charge is 2.33. The van der Waals surface area contributed by atoms with Crippen molar-refractivity contribution in [3.05, 3.63) is 28.8 Å². The number of amides is 1. The first-order chi connectivity index (χ1) is 9.76. The van der Waals surface area contributed by atoms with Crippen LogP contribution in [0.15, 0.2) is 18.2 Å². The van der Waals surface area contributed by atoms with E-state index in [9.17, 15) is 23.1 Å². The van der Waals surface area contributed by atoms with E-state index in [0.29, 0.717) is 5.56 Å². The SMILES string of the molecule is O=C(c1ccc(O)c(Cl)c1)N1CCN(CC(F)(F)F)CC1. The molecule has 0 unspecified atom stereocenters. The second-order valence-corrected chi connectivity index (χ2v) is 5.26. The predicted octanol–water partition coefficient (Wildman–Crippen LogP) is 2.37. The number of piperazine rings is 1. The molecule has 116 valence electrons. The lowest BCUT2D eigenvalue weighted by molar-refractivity contribution is -0.148. The number of phenolic OH excluding ortho intramolecular Hbond substituents is 1. The van der Waals surface area contributed by atoms with Gasteiger partial charge in [0.2, 0.25) is 0 Å². The van der Waals surface area contributed by atoms with Crippen molar-refractivity contribution < 1.29 is 23.1 Å². The molecule has 0 aliphatic carbocycles. The lowest BCUT2D eigenvalue weighted by Crippen LogP contribution is -2.50. The maximum Gasteiger partial charge on any atom is 0.401 e. The molecule has 0 bridgehead atoms. The summed E-state index contributed by atoms with van der Waals surface area (Å²) in [5, 5.41) is 9.37. The normalized spacial score (nSPS) is 17.0. The molecule has 1 saturated heterocycles. The maximum absolute atomic E-state index is 12.3. The van der Waals surface area contributed by atoms with Gasteiger partial charge in [0.1, 0.15) is 5.75 Å². The standard InChI is InChI=1S/C13H14ClF3N2O2/c14-10-7-9(1-2-11(10)20)12(21)19-5-3-18(4-6-19)8-13(15,16)17/h1-2,7,20H,3-6,8H2. The summed E-state index contributed by atoms with van der Waals surface area (Å²) >= 11 is 5.74. The number of alkyl halides is 3. The van der Waals surface area contributed by atoms with Crippen LogP contribution in [0.2, 0.25) is 5.02 Å². The van der Waals surface area contributed by atoms with E-state index < -0.39 is 12.7 Å². The highest BCUT2D eigenvalue weighted by atomic mass is 35.5. The fourth-order valence-corrected chi connectivity index (χ4v) is 2.37. The van der Waals surface area contributed by atoms with Crippen molar-refractivity contribution in [1.82, 2.24) is 9.80 Å². The number of benzene rings is 1. The molecule has 0 radical (unpaired) electrons. The van der Waals surface area contributed by atoms with Crippen molar-refractivity contribution >= 4 is 17.5 Å². The molecule has 0 aromatic heterocycles. The Labute approximate surface area is 124 Å². The highest BCUT2D eigenvalue weighted by Crippen LogP contribution is 2.24. The van der Waals surface area contributed by atoms with Gasteiger partial charge >= 0.3 is 6.18 Å². The summed E-state index contributed by atoms with van der Waals surface area (Å²) in [6, 6.07) is 4.10. The zero-order chi connectivity index (χ0) is 15.6. The lowest BCUT2D eigenvalue weighted by Gasteiger charge is -2.35. The number of hydrogen-bond acceptors (Lipinski definition) is 3. The first-order valence-corrected chi connectivity index (χ1v) is 6.71. The van der Waals surface area contributed by atoms with Crippen molar-refractivity contribution in [2.24, 2.45) is 0 Å². The molecule has 2 rings (SSSR count). The second kappa shape index (κ2) is 6.11. The van der Waals surface area contributed by atoms with Gasteiger partial charge in [-0.15, -0.1) is 0 Å². The molecule has 1 fully saturated rings. The molecule has 1 heterocycles. The van der Waals surface area contributed by atoms with E-state index in [0.717, 1.165) is 0 Å². The van der Waals surface area contributed by atoms with Gasteiger partial charge in [-0.25, -0.2) is 0 Å².